The van der Waals surface area contributed by atoms with Crippen molar-refractivity contribution in [3.8, 4) is 11.5 Å². The number of benzene rings is 1. The molecule has 3 nitrogen and oxygen atoms in total. The van der Waals surface area contributed by atoms with Gasteiger partial charge in [-0.2, -0.15) is 0 Å². The van der Waals surface area contributed by atoms with Gasteiger partial charge in [0, 0.05) is 17.4 Å². The summed E-state index contributed by atoms with van der Waals surface area (Å²) in [5.74, 6) is 1.95. The molecule has 0 amide bonds. The summed E-state index contributed by atoms with van der Waals surface area (Å²) in [6.07, 6.45) is 8.74. The van der Waals surface area contributed by atoms with Crippen LogP contribution in [0.15, 0.2) is 23.8 Å². The third kappa shape index (κ3) is 4.65. The highest BCUT2D eigenvalue weighted by Gasteiger charge is 2.33. The van der Waals surface area contributed by atoms with Crippen LogP contribution in [0.25, 0.3) is 0 Å². The Morgan fingerprint density at radius 3 is 2.32 bits per heavy atom. The molecule has 2 rings (SSSR count). The highest BCUT2D eigenvalue weighted by atomic mass is 16.5. The summed E-state index contributed by atoms with van der Waals surface area (Å²) in [5, 5.41) is 0. The van der Waals surface area contributed by atoms with Gasteiger partial charge in [-0.25, -0.2) is 0 Å². The summed E-state index contributed by atoms with van der Waals surface area (Å²) >= 11 is 0. The van der Waals surface area contributed by atoms with Gasteiger partial charge in [-0.1, -0.05) is 31.4 Å². The van der Waals surface area contributed by atoms with Crippen LogP contribution in [0.5, 0.6) is 11.5 Å². The number of ether oxygens (including phenoxy) is 2. The van der Waals surface area contributed by atoms with Crippen LogP contribution in [0.4, 0.5) is 0 Å². The largest absolute Gasteiger partial charge is 0.496 e. The van der Waals surface area contributed by atoms with Crippen molar-refractivity contribution < 1.29 is 14.3 Å². The molecule has 0 heterocycles. The van der Waals surface area contributed by atoms with Gasteiger partial charge >= 0.3 is 0 Å². The molecule has 0 bridgehead atoms. The van der Waals surface area contributed by atoms with E-state index < -0.39 is 0 Å². The third-order valence-electron chi connectivity index (χ3n) is 5.28. The maximum atomic E-state index is 12.2. The molecule has 1 aromatic carbocycles. The van der Waals surface area contributed by atoms with Crippen molar-refractivity contribution >= 4 is 5.78 Å². The molecule has 25 heavy (non-hydrogen) atoms. The highest BCUT2D eigenvalue weighted by Crippen LogP contribution is 2.45. The lowest BCUT2D eigenvalue weighted by Crippen LogP contribution is -2.23. The third-order valence-corrected chi connectivity index (χ3v) is 5.28. The molecule has 0 aromatic heterocycles. The van der Waals surface area contributed by atoms with Gasteiger partial charge in [-0.15, -0.1) is 0 Å². The van der Waals surface area contributed by atoms with Gasteiger partial charge in [-0.05, 0) is 57.2 Å². The molecule has 0 saturated carbocycles. The van der Waals surface area contributed by atoms with Crippen molar-refractivity contribution in [1.29, 1.82) is 0 Å². The Labute approximate surface area is 152 Å². The Morgan fingerprint density at radius 1 is 1.16 bits per heavy atom. The molecule has 138 valence electrons. The van der Waals surface area contributed by atoms with E-state index in [0.717, 1.165) is 36.3 Å². The zero-order valence-electron chi connectivity index (χ0n) is 16.4. The smallest absolute Gasteiger partial charge is 0.133 e. The first-order valence-electron chi connectivity index (χ1n) is 9.44. The summed E-state index contributed by atoms with van der Waals surface area (Å²) < 4.78 is 11.5. The molecule has 3 heteroatoms. The molecule has 0 spiro atoms. The van der Waals surface area contributed by atoms with Crippen molar-refractivity contribution in [1.82, 2.24) is 0 Å². The number of carbonyl (C=O) groups excluding carboxylic acids is 1. The van der Waals surface area contributed by atoms with Crippen molar-refractivity contribution in [2.45, 2.75) is 65.2 Å². The zero-order valence-corrected chi connectivity index (χ0v) is 16.4. The van der Waals surface area contributed by atoms with Gasteiger partial charge in [0.15, 0.2) is 0 Å². The van der Waals surface area contributed by atoms with E-state index >= 15 is 0 Å². The quantitative estimate of drug-likeness (QED) is 0.464. The average molecular weight is 344 g/mol. The van der Waals surface area contributed by atoms with E-state index in [1.165, 1.54) is 30.4 Å². The molecule has 0 radical (unpaired) electrons. The van der Waals surface area contributed by atoms with Crippen molar-refractivity contribution in [2.24, 2.45) is 5.92 Å². The van der Waals surface area contributed by atoms with Gasteiger partial charge in [0.1, 0.15) is 17.3 Å². The molecule has 2 atom stereocenters. The van der Waals surface area contributed by atoms with Gasteiger partial charge in [0.05, 0.1) is 14.2 Å². The average Bonchev–Trinajstić information content (AvgIpc) is 2.60. The number of unbranched alkanes of at least 4 members (excludes halogenated alkanes) is 2. The van der Waals surface area contributed by atoms with Crippen molar-refractivity contribution in [3.63, 3.8) is 0 Å². The Hall–Kier alpha value is -1.77. The lowest BCUT2D eigenvalue weighted by molar-refractivity contribution is -0.121. The monoisotopic (exact) mass is 344 g/mol. The first-order valence-corrected chi connectivity index (χ1v) is 9.44. The summed E-state index contributed by atoms with van der Waals surface area (Å²) in [6.45, 7) is 6.05. The first kappa shape index (κ1) is 19.6. The minimum atomic E-state index is -0.00237. The second kappa shape index (κ2) is 9.07. The summed E-state index contributed by atoms with van der Waals surface area (Å²) in [6, 6.07) is 4.25. The van der Waals surface area contributed by atoms with Gasteiger partial charge in [0.25, 0.3) is 0 Å². The summed E-state index contributed by atoms with van der Waals surface area (Å²) in [5.41, 5.74) is 3.59. The molecule has 1 aliphatic rings. The van der Waals surface area contributed by atoms with Crippen molar-refractivity contribution in [2.75, 3.05) is 14.2 Å². The molecule has 0 unspecified atom stereocenters. The lowest BCUT2D eigenvalue weighted by atomic mass is 9.74. The minimum Gasteiger partial charge on any atom is -0.496 e. The predicted octanol–water partition coefficient (Wildman–Crippen LogP) is 5.47. The van der Waals surface area contributed by atoms with Crippen LogP contribution in [0.2, 0.25) is 0 Å². The topological polar surface area (TPSA) is 35.5 Å². The number of allylic oxidation sites excluding steroid dienone is 2. The van der Waals surface area contributed by atoms with Gasteiger partial charge in [-0.3, -0.25) is 4.79 Å². The van der Waals surface area contributed by atoms with Crippen LogP contribution < -0.4 is 9.47 Å². The normalized spacial score (nSPS) is 20.1. The first-order chi connectivity index (χ1) is 12.0. The Kier molecular flexibility index (Phi) is 7.10. The minimum absolute atomic E-state index is 0.00237. The maximum absolute atomic E-state index is 12.2. The lowest BCUT2D eigenvalue weighted by Gasteiger charge is -2.30. The molecular formula is C22H32O3. The van der Waals surface area contributed by atoms with Crippen LogP contribution in [0.3, 0.4) is 0 Å². The highest BCUT2D eigenvalue weighted by molar-refractivity contribution is 5.80. The predicted molar refractivity (Wildman–Crippen MR) is 103 cm³/mol. The second-order valence-corrected chi connectivity index (χ2v) is 7.17. The van der Waals surface area contributed by atoms with Crippen LogP contribution in [-0.2, 0) is 11.2 Å². The number of carbonyl (C=O) groups is 1. The van der Waals surface area contributed by atoms with E-state index in [2.05, 4.69) is 32.1 Å². The van der Waals surface area contributed by atoms with Crippen molar-refractivity contribution in [3.05, 3.63) is 34.9 Å². The molecule has 0 saturated heterocycles. The number of rotatable bonds is 8. The molecule has 0 aliphatic heterocycles. The number of ketones is 1. The number of hydrogen-bond donors (Lipinski definition) is 0. The summed E-state index contributed by atoms with van der Waals surface area (Å²) in [7, 11) is 3.41. The van der Waals surface area contributed by atoms with E-state index in [1.807, 2.05) is 0 Å². The number of Topliss-reactive ketones (excluding diaryl/α,β-unsaturated/α-hetero) is 1. The Balaban J connectivity index is 2.47. The van der Waals surface area contributed by atoms with E-state index in [9.17, 15) is 4.79 Å². The van der Waals surface area contributed by atoms with Crippen LogP contribution in [0.1, 0.15) is 69.9 Å². The standard InChI is InChI=1S/C22H32O3/c1-6-7-8-9-17-13-20(24-4)22(21(14-17)25-5)19-12-15(2)10-11-18(19)16(3)23/h12-14,18-19H,6-11H2,1-5H3/t18-,19+/m0/s1. The molecule has 0 N–H and O–H groups in total. The fraction of sp³-hybridized carbons (Fsp3) is 0.591. The Bertz CT molecular complexity index is 605. The number of aryl methyl sites for hydroxylation is 1. The number of methoxy groups -OCH3 is 2. The molecular weight excluding hydrogens is 312 g/mol. The van der Waals surface area contributed by atoms with E-state index in [4.69, 9.17) is 9.47 Å². The second-order valence-electron chi connectivity index (χ2n) is 7.17. The number of hydrogen-bond acceptors (Lipinski definition) is 3. The van der Waals surface area contributed by atoms with Gasteiger partial charge in [0.2, 0.25) is 0 Å². The zero-order chi connectivity index (χ0) is 18.4. The van der Waals surface area contributed by atoms with E-state index in [1.54, 1.807) is 21.1 Å². The van der Waals surface area contributed by atoms with E-state index in [0.29, 0.717) is 0 Å². The summed E-state index contributed by atoms with van der Waals surface area (Å²) in [4.78, 5) is 12.2. The fourth-order valence-electron chi connectivity index (χ4n) is 3.85. The molecule has 1 aliphatic carbocycles. The maximum Gasteiger partial charge on any atom is 0.133 e. The molecule has 1 aromatic rings. The van der Waals surface area contributed by atoms with Crippen LogP contribution in [-0.4, -0.2) is 20.0 Å². The fourth-order valence-corrected chi connectivity index (χ4v) is 3.85. The molecule has 0 fully saturated rings. The van der Waals surface area contributed by atoms with Crippen LogP contribution >= 0.6 is 0 Å². The van der Waals surface area contributed by atoms with E-state index in [-0.39, 0.29) is 17.6 Å². The SMILES string of the molecule is CCCCCc1cc(OC)c([C@@H]2C=C(C)CC[C@H]2C(C)=O)c(OC)c1. The van der Waals surface area contributed by atoms with Crippen LogP contribution in [0, 0.1) is 5.92 Å². The Morgan fingerprint density at radius 2 is 1.80 bits per heavy atom. The van der Waals surface area contributed by atoms with Gasteiger partial charge < -0.3 is 9.47 Å².